The van der Waals surface area contributed by atoms with Crippen LogP contribution in [0.15, 0.2) is 47.6 Å². The van der Waals surface area contributed by atoms with Crippen LogP contribution in [0.5, 0.6) is 5.75 Å². The van der Waals surface area contributed by atoms with Crippen LogP contribution in [0.3, 0.4) is 0 Å². The van der Waals surface area contributed by atoms with E-state index in [2.05, 4.69) is 29.4 Å². The molecule has 30 heavy (non-hydrogen) atoms. The van der Waals surface area contributed by atoms with Gasteiger partial charge in [-0.3, -0.25) is 4.79 Å². The second-order valence-electron chi connectivity index (χ2n) is 6.93. The van der Waals surface area contributed by atoms with Crippen LogP contribution in [0, 0.1) is 0 Å². The summed E-state index contributed by atoms with van der Waals surface area (Å²) >= 11 is 13.4. The molecule has 2 aromatic carbocycles. The van der Waals surface area contributed by atoms with Gasteiger partial charge in [-0.05, 0) is 35.7 Å². The number of ether oxygens (including phenoxy) is 1. The van der Waals surface area contributed by atoms with Gasteiger partial charge in [0.2, 0.25) is 5.91 Å². The van der Waals surface area contributed by atoms with Gasteiger partial charge in [-0.2, -0.15) is 0 Å². The molecule has 0 spiro atoms. The van der Waals surface area contributed by atoms with Crippen LogP contribution < -0.4 is 10.1 Å². The lowest BCUT2D eigenvalue weighted by molar-refractivity contribution is -0.113. The first-order valence-electron chi connectivity index (χ1n) is 9.32. The number of nitrogens with zero attached hydrogens (tertiary/aromatic N) is 3. The van der Waals surface area contributed by atoms with Crippen molar-refractivity contribution in [1.82, 2.24) is 14.8 Å². The quantitative estimate of drug-likeness (QED) is 0.442. The molecule has 158 valence electrons. The zero-order chi connectivity index (χ0) is 21.7. The largest absolute Gasteiger partial charge is 0.484 e. The number of carbonyl (C=O) groups excluding carboxylic acids is 1. The van der Waals surface area contributed by atoms with Crippen molar-refractivity contribution >= 4 is 46.6 Å². The van der Waals surface area contributed by atoms with Gasteiger partial charge in [0.15, 0.2) is 11.0 Å². The molecule has 1 aromatic heterocycles. The molecule has 0 fully saturated rings. The normalized spacial score (nSPS) is 11.0. The van der Waals surface area contributed by atoms with Gasteiger partial charge in [-0.1, -0.05) is 60.9 Å². The Labute approximate surface area is 189 Å². The molecular weight excluding hydrogens is 443 g/mol. The van der Waals surface area contributed by atoms with E-state index < -0.39 is 0 Å². The number of halogens is 2. The first kappa shape index (κ1) is 22.5. The van der Waals surface area contributed by atoms with Gasteiger partial charge in [-0.25, -0.2) is 0 Å². The van der Waals surface area contributed by atoms with E-state index in [4.69, 9.17) is 27.9 Å². The van der Waals surface area contributed by atoms with E-state index >= 15 is 0 Å². The number of anilines is 1. The Hall–Kier alpha value is -2.22. The molecule has 9 heteroatoms. The molecule has 6 nitrogen and oxygen atoms in total. The van der Waals surface area contributed by atoms with Crippen LogP contribution in [-0.2, 0) is 18.4 Å². The van der Waals surface area contributed by atoms with E-state index in [0.717, 1.165) is 5.69 Å². The lowest BCUT2D eigenvalue weighted by atomic mass is 10.0. The van der Waals surface area contributed by atoms with Crippen molar-refractivity contribution in [3.05, 3.63) is 63.9 Å². The smallest absolute Gasteiger partial charge is 0.234 e. The van der Waals surface area contributed by atoms with E-state index in [0.29, 0.717) is 32.7 Å². The second-order valence-corrected chi connectivity index (χ2v) is 8.72. The number of amides is 1. The highest BCUT2D eigenvalue weighted by molar-refractivity contribution is 7.99. The highest BCUT2D eigenvalue weighted by Gasteiger charge is 2.13. The molecule has 0 saturated carbocycles. The third kappa shape index (κ3) is 5.90. The Bertz CT molecular complexity index is 1020. The van der Waals surface area contributed by atoms with Gasteiger partial charge in [0.1, 0.15) is 12.4 Å². The summed E-state index contributed by atoms with van der Waals surface area (Å²) in [5.74, 6) is 1.65. The number of thioether (sulfide) groups is 1. The van der Waals surface area contributed by atoms with Crippen molar-refractivity contribution in [1.29, 1.82) is 0 Å². The highest BCUT2D eigenvalue weighted by atomic mass is 35.5. The predicted octanol–water partition coefficient (Wildman–Crippen LogP) is 5.56. The van der Waals surface area contributed by atoms with E-state index in [1.165, 1.54) is 17.3 Å². The first-order valence-corrected chi connectivity index (χ1v) is 11.1. The number of rotatable bonds is 8. The average Bonchev–Trinajstić information content (AvgIpc) is 3.07. The fraction of sp³-hybridized carbons (Fsp3) is 0.286. The van der Waals surface area contributed by atoms with Crippen molar-refractivity contribution in [2.24, 2.45) is 7.05 Å². The maximum absolute atomic E-state index is 12.3. The Morgan fingerprint density at radius 2 is 1.90 bits per heavy atom. The van der Waals surface area contributed by atoms with Crippen molar-refractivity contribution in [3.63, 3.8) is 0 Å². The third-order valence-corrected chi connectivity index (χ3v) is 5.94. The minimum atomic E-state index is -0.108. The Kier molecular flexibility index (Phi) is 7.64. The molecule has 1 amide bonds. The van der Waals surface area contributed by atoms with E-state index in [1.807, 2.05) is 31.3 Å². The molecule has 3 rings (SSSR count). The van der Waals surface area contributed by atoms with Gasteiger partial charge in [0, 0.05) is 23.8 Å². The van der Waals surface area contributed by atoms with E-state index in [1.54, 1.807) is 22.8 Å². The highest BCUT2D eigenvalue weighted by Crippen LogP contribution is 2.28. The number of benzene rings is 2. The maximum atomic E-state index is 12.3. The van der Waals surface area contributed by atoms with Crippen LogP contribution in [-0.4, -0.2) is 26.4 Å². The van der Waals surface area contributed by atoms with Crippen LogP contribution in [0.1, 0.15) is 31.2 Å². The minimum Gasteiger partial charge on any atom is -0.484 e. The maximum Gasteiger partial charge on any atom is 0.234 e. The molecule has 3 aromatic rings. The third-order valence-electron chi connectivity index (χ3n) is 4.37. The van der Waals surface area contributed by atoms with Crippen LogP contribution in [0.2, 0.25) is 10.0 Å². The summed E-state index contributed by atoms with van der Waals surface area (Å²) in [5, 5.41) is 12.8. The first-order chi connectivity index (χ1) is 14.3. The SMILES string of the molecule is CC(C)c1ccc(NC(=O)CSc2nnc(COc3cc(Cl)ccc3Cl)n2C)cc1. The summed E-state index contributed by atoms with van der Waals surface area (Å²) in [4.78, 5) is 12.3. The molecule has 0 aliphatic carbocycles. The lowest BCUT2D eigenvalue weighted by Gasteiger charge is -2.09. The number of hydrogen-bond acceptors (Lipinski definition) is 5. The van der Waals surface area contributed by atoms with Crippen molar-refractivity contribution in [2.45, 2.75) is 31.5 Å². The molecule has 0 aliphatic rings. The topological polar surface area (TPSA) is 69.0 Å². The summed E-state index contributed by atoms with van der Waals surface area (Å²) in [6, 6.07) is 12.9. The zero-order valence-electron chi connectivity index (χ0n) is 16.9. The van der Waals surface area contributed by atoms with Gasteiger partial charge >= 0.3 is 0 Å². The van der Waals surface area contributed by atoms with Crippen molar-refractivity contribution in [2.75, 3.05) is 11.1 Å². The van der Waals surface area contributed by atoms with Crippen LogP contribution in [0.4, 0.5) is 5.69 Å². The van der Waals surface area contributed by atoms with Crippen molar-refractivity contribution < 1.29 is 9.53 Å². The lowest BCUT2D eigenvalue weighted by Crippen LogP contribution is -2.14. The fourth-order valence-corrected chi connectivity index (χ4v) is 3.67. The molecule has 0 radical (unpaired) electrons. The van der Waals surface area contributed by atoms with Crippen molar-refractivity contribution in [3.8, 4) is 5.75 Å². The Morgan fingerprint density at radius 3 is 2.60 bits per heavy atom. The summed E-state index contributed by atoms with van der Waals surface area (Å²) in [6.07, 6.45) is 0. The van der Waals surface area contributed by atoms with Gasteiger partial charge < -0.3 is 14.6 Å². The predicted molar refractivity (Wildman–Crippen MR) is 122 cm³/mol. The number of hydrogen-bond donors (Lipinski definition) is 1. The molecule has 0 atom stereocenters. The molecule has 0 unspecified atom stereocenters. The van der Waals surface area contributed by atoms with Crippen LogP contribution in [0.25, 0.3) is 0 Å². The monoisotopic (exact) mass is 464 g/mol. The molecule has 0 bridgehead atoms. The summed E-state index contributed by atoms with van der Waals surface area (Å²) in [5.41, 5.74) is 2.01. The standard InChI is InChI=1S/C21H22Cl2N4O2S/c1-13(2)14-4-7-16(8-5-14)24-20(28)12-30-21-26-25-19(27(21)3)11-29-18-10-15(22)6-9-17(18)23/h4-10,13H,11-12H2,1-3H3,(H,24,28). The Morgan fingerprint density at radius 1 is 1.17 bits per heavy atom. The molecule has 0 aliphatic heterocycles. The summed E-state index contributed by atoms with van der Waals surface area (Å²) in [7, 11) is 1.82. The summed E-state index contributed by atoms with van der Waals surface area (Å²) in [6.45, 7) is 4.44. The number of carbonyl (C=O) groups is 1. The van der Waals surface area contributed by atoms with E-state index in [9.17, 15) is 4.79 Å². The van der Waals surface area contributed by atoms with Crippen LogP contribution >= 0.6 is 35.0 Å². The molecule has 0 saturated heterocycles. The Balaban J connectivity index is 1.53. The van der Waals surface area contributed by atoms with Gasteiger partial charge in [0.05, 0.1) is 10.8 Å². The molecular formula is C21H22Cl2N4O2S. The number of aromatic nitrogens is 3. The molecule has 1 heterocycles. The average molecular weight is 465 g/mol. The second kappa shape index (κ2) is 10.2. The van der Waals surface area contributed by atoms with Gasteiger partial charge in [-0.15, -0.1) is 10.2 Å². The summed E-state index contributed by atoms with van der Waals surface area (Å²) < 4.78 is 7.49. The minimum absolute atomic E-state index is 0.108. The fourth-order valence-electron chi connectivity index (χ4n) is 2.61. The number of nitrogens with one attached hydrogen (secondary N) is 1. The molecule has 1 N–H and O–H groups in total. The zero-order valence-corrected chi connectivity index (χ0v) is 19.2. The van der Waals surface area contributed by atoms with E-state index in [-0.39, 0.29) is 18.3 Å². The van der Waals surface area contributed by atoms with Gasteiger partial charge in [0.25, 0.3) is 0 Å².